The van der Waals surface area contributed by atoms with E-state index in [2.05, 4.69) is 31.9 Å². The second-order valence-electron chi connectivity index (χ2n) is 15.6. The van der Waals surface area contributed by atoms with Gasteiger partial charge in [-0.2, -0.15) is 0 Å². The molecule has 27 nitrogen and oxygen atoms in total. The standard InChI is InChI=1S/C37H59N7O20/c1-13(30(52)43-19(9-10-23(48)49)33(55)44-20(35(58)59)8-6-7-18(38)32(54)40-14(2)34(56)57)39-31(53)15(3)61-29-25(42-17(5)47)36-60-12-22(63-36)28(29)64-37-24(41-16(4)46)27(51)26(50)21(11-45)62-37/h13-15,18-22,24-29,36-37,45,50-51H,6-12,38H2,1-5H3,(H,39,53)(H,40,54)(H,41,46)(H,42,47)(H,43,52)(H,44,55)(H,48,49)(H,56,57)(H,58,59)/t13?,14?,15?,18?,19?,20?,21-,22-,24-,25-,26-,27-,28-,29-,36-,37+/m1/s1. The topological polar surface area (TPSA) is 419 Å². The van der Waals surface area contributed by atoms with Gasteiger partial charge in [-0.1, -0.05) is 0 Å². The molecule has 27 heteroatoms. The summed E-state index contributed by atoms with van der Waals surface area (Å²) in [7, 11) is 0. The molecule has 0 aromatic heterocycles. The van der Waals surface area contributed by atoms with Crippen molar-refractivity contribution in [1.29, 1.82) is 0 Å². The van der Waals surface area contributed by atoms with Gasteiger partial charge in [0.25, 0.3) is 0 Å². The molecule has 0 radical (unpaired) electrons. The zero-order chi connectivity index (χ0) is 48.2. The summed E-state index contributed by atoms with van der Waals surface area (Å²) in [5.74, 6) is -9.19. The molecule has 2 bridgehead atoms. The molecule has 3 heterocycles. The number of aliphatic hydroxyl groups is 3. The number of carboxylic acids is 3. The number of fused-ring (bicyclic) bond motifs is 2. The second-order valence-corrected chi connectivity index (χ2v) is 15.6. The quantitative estimate of drug-likeness (QED) is 0.0428. The van der Waals surface area contributed by atoms with Crippen LogP contribution in [0.3, 0.4) is 0 Å². The average Bonchev–Trinajstić information content (AvgIpc) is 3.66. The van der Waals surface area contributed by atoms with Crippen LogP contribution in [0.5, 0.6) is 0 Å². The number of carbonyl (C=O) groups is 9. The van der Waals surface area contributed by atoms with E-state index in [0.717, 1.165) is 6.92 Å². The Morgan fingerprint density at radius 3 is 1.89 bits per heavy atom. The molecule has 3 aliphatic heterocycles. The van der Waals surface area contributed by atoms with Gasteiger partial charge >= 0.3 is 17.9 Å². The van der Waals surface area contributed by atoms with Crippen molar-refractivity contribution >= 4 is 53.4 Å². The molecule has 0 aliphatic carbocycles. The van der Waals surface area contributed by atoms with Gasteiger partial charge in [-0.25, -0.2) is 4.79 Å². The summed E-state index contributed by atoms with van der Waals surface area (Å²) >= 11 is 0. The molecule has 3 saturated heterocycles. The maximum absolute atomic E-state index is 13.5. The molecule has 6 amide bonds. The van der Waals surface area contributed by atoms with Crippen molar-refractivity contribution in [3.63, 3.8) is 0 Å². The summed E-state index contributed by atoms with van der Waals surface area (Å²) in [6.07, 6.45) is -13.9. The number of rotatable bonds is 24. The Hall–Kier alpha value is -5.13. The van der Waals surface area contributed by atoms with Gasteiger partial charge in [0.1, 0.15) is 79.0 Å². The van der Waals surface area contributed by atoms with Crippen LogP contribution < -0.4 is 37.6 Å². The number of nitrogens with two attached hydrogens (primary N) is 1. The lowest BCUT2D eigenvalue weighted by Gasteiger charge is -2.47. The van der Waals surface area contributed by atoms with Gasteiger partial charge in [0.15, 0.2) is 12.6 Å². The number of hydrogen-bond acceptors (Lipinski definition) is 18. The fourth-order valence-corrected chi connectivity index (χ4v) is 6.94. The summed E-state index contributed by atoms with van der Waals surface area (Å²) in [6.45, 7) is 5.15. The number of carbonyl (C=O) groups excluding carboxylic acids is 6. The van der Waals surface area contributed by atoms with Gasteiger partial charge in [0, 0.05) is 20.3 Å². The average molecular weight is 922 g/mol. The van der Waals surface area contributed by atoms with Gasteiger partial charge in [-0.15, -0.1) is 0 Å². The van der Waals surface area contributed by atoms with Crippen molar-refractivity contribution in [2.45, 2.75) is 164 Å². The van der Waals surface area contributed by atoms with Crippen LogP contribution in [0.1, 0.15) is 66.7 Å². The first kappa shape index (κ1) is 53.2. The van der Waals surface area contributed by atoms with Crippen LogP contribution in [0, 0.1) is 0 Å². The van der Waals surface area contributed by atoms with Crippen LogP contribution in [0.15, 0.2) is 0 Å². The van der Waals surface area contributed by atoms with Crippen molar-refractivity contribution < 1.29 is 97.5 Å². The van der Waals surface area contributed by atoms with Crippen LogP contribution in [-0.2, 0) is 66.8 Å². The lowest BCUT2D eigenvalue weighted by molar-refractivity contribution is -0.313. The predicted octanol–water partition coefficient (Wildman–Crippen LogP) is -6.14. The van der Waals surface area contributed by atoms with Gasteiger partial charge < -0.3 is 92.0 Å². The van der Waals surface area contributed by atoms with E-state index < -0.39 is 170 Å². The maximum atomic E-state index is 13.5. The third-order valence-corrected chi connectivity index (χ3v) is 10.4. The Balaban J connectivity index is 1.72. The van der Waals surface area contributed by atoms with Crippen molar-refractivity contribution in [2.24, 2.45) is 5.73 Å². The summed E-state index contributed by atoms with van der Waals surface area (Å²) in [5.41, 5.74) is 5.79. The van der Waals surface area contributed by atoms with Crippen molar-refractivity contribution in [3.05, 3.63) is 0 Å². The minimum Gasteiger partial charge on any atom is -0.481 e. The Morgan fingerprint density at radius 1 is 0.703 bits per heavy atom. The first-order valence-electron chi connectivity index (χ1n) is 20.3. The highest BCUT2D eigenvalue weighted by Crippen LogP contribution is 2.35. The number of aliphatic hydroxyl groups excluding tert-OH is 3. The molecule has 0 spiro atoms. The number of hydrogen-bond donors (Lipinski definition) is 13. The van der Waals surface area contributed by atoms with Crippen LogP contribution in [-0.4, -0.2) is 195 Å². The van der Waals surface area contributed by atoms with Gasteiger partial charge in [-0.05, 0) is 46.5 Å². The van der Waals surface area contributed by atoms with Crippen molar-refractivity contribution in [1.82, 2.24) is 31.9 Å². The molecule has 362 valence electrons. The molecule has 6 unspecified atom stereocenters. The number of ether oxygens (including phenoxy) is 5. The Labute approximate surface area is 365 Å². The molecule has 0 aromatic rings. The summed E-state index contributed by atoms with van der Waals surface area (Å²) in [6, 6.07) is -9.64. The second kappa shape index (κ2) is 24.2. The van der Waals surface area contributed by atoms with Crippen LogP contribution in [0.4, 0.5) is 0 Å². The number of amides is 6. The Kier molecular flexibility index (Phi) is 20.2. The minimum atomic E-state index is -1.69. The Bertz CT molecular complexity index is 1710. The van der Waals surface area contributed by atoms with Crippen LogP contribution in [0.2, 0.25) is 0 Å². The molecule has 0 aromatic carbocycles. The highest BCUT2D eigenvalue weighted by atomic mass is 16.8. The largest absolute Gasteiger partial charge is 0.481 e. The number of aliphatic carboxylic acids is 3. The van der Waals surface area contributed by atoms with Gasteiger partial charge in [0.05, 0.1) is 19.3 Å². The monoisotopic (exact) mass is 921 g/mol. The molecule has 64 heavy (non-hydrogen) atoms. The minimum absolute atomic E-state index is 0.0349. The van der Waals surface area contributed by atoms with Crippen LogP contribution >= 0.6 is 0 Å². The van der Waals surface area contributed by atoms with Gasteiger partial charge in [0.2, 0.25) is 35.4 Å². The molecular weight excluding hydrogens is 862 g/mol. The smallest absolute Gasteiger partial charge is 0.326 e. The van der Waals surface area contributed by atoms with E-state index in [1.807, 2.05) is 0 Å². The molecule has 3 aliphatic rings. The first-order valence-corrected chi connectivity index (χ1v) is 20.3. The van der Waals surface area contributed by atoms with E-state index in [1.54, 1.807) is 0 Å². The molecule has 3 fully saturated rings. The summed E-state index contributed by atoms with van der Waals surface area (Å²) in [4.78, 5) is 111. The number of nitrogens with one attached hydrogen (secondary N) is 6. The van der Waals surface area contributed by atoms with E-state index in [1.165, 1.54) is 27.7 Å². The summed E-state index contributed by atoms with van der Waals surface area (Å²) < 4.78 is 29.7. The van der Waals surface area contributed by atoms with E-state index >= 15 is 0 Å². The predicted molar refractivity (Wildman–Crippen MR) is 210 cm³/mol. The molecular formula is C37H59N7O20. The molecule has 3 rings (SSSR count). The SMILES string of the molecule is CC(=O)N[C@H]1[C@H](O[C@H]2[C@H](OC(C)C(=O)NC(C)C(=O)NC(CCC(=O)O)C(=O)NC(CCCC(N)C(=O)NC(C)C(=O)O)C(=O)O)[C@@H](NC(C)=O)[C@@H]3OC[C@H]2O3)O[C@H](CO)[C@@H](O)[C@@H]1O. The van der Waals surface area contributed by atoms with Crippen LogP contribution in [0.25, 0.3) is 0 Å². The van der Waals surface area contributed by atoms with Gasteiger partial charge in [-0.3, -0.25) is 38.4 Å². The van der Waals surface area contributed by atoms with E-state index in [-0.39, 0.29) is 25.9 Å². The fourth-order valence-electron chi connectivity index (χ4n) is 6.94. The first-order chi connectivity index (χ1) is 29.9. The number of carboxylic acid groups (broad SMARTS) is 3. The third-order valence-electron chi connectivity index (χ3n) is 10.4. The maximum Gasteiger partial charge on any atom is 0.326 e. The Morgan fingerprint density at radius 2 is 1.31 bits per heavy atom. The van der Waals surface area contributed by atoms with E-state index in [4.69, 9.17) is 34.5 Å². The van der Waals surface area contributed by atoms with E-state index in [9.17, 15) is 68.7 Å². The normalized spacial score (nSPS) is 29.0. The molecule has 0 saturated carbocycles. The van der Waals surface area contributed by atoms with Crippen molar-refractivity contribution in [3.8, 4) is 0 Å². The lowest BCUT2D eigenvalue weighted by Crippen LogP contribution is -2.68. The zero-order valence-corrected chi connectivity index (χ0v) is 35.7. The highest BCUT2D eigenvalue weighted by Gasteiger charge is 2.56. The highest BCUT2D eigenvalue weighted by molar-refractivity contribution is 5.94. The lowest BCUT2D eigenvalue weighted by atomic mass is 9.95. The van der Waals surface area contributed by atoms with E-state index in [0.29, 0.717) is 0 Å². The summed E-state index contributed by atoms with van der Waals surface area (Å²) in [5, 5.41) is 73.3. The third kappa shape index (κ3) is 15.0. The molecule has 14 N–H and O–H groups in total. The van der Waals surface area contributed by atoms with Crippen molar-refractivity contribution in [2.75, 3.05) is 13.2 Å². The molecule has 16 atom stereocenters. The zero-order valence-electron chi connectivity index (χ0n) is 35.7. The fraction of sp³-hybridized carbons (Fsp3) is 0.757.